The number of nitrogens with zero attached hydrogens (tertiary/aromatic N) is 1. The molecule has 0 bridgehead atoms. The van der Waals surface area contributed by atoms with Gasteiger partial charge in [-0.15, -0.1) is 0 Å². The van der Waals surface area contributed by atoms with E-state index in [1.54, 1.807) is 17.0 Å². The third-order valence-electron chi connectivity index (χ3n) is 2.91. The van der Waals surface area contributed by atoms with Crippen LogP contribution in [-0.4, -0.2) is 30.4 Å². The van der Waals surface area contributed by atoms with Crippen LogP contribution in [0.2, 0.25) is 0 Å². The van der Waals surface area contributed by atoms with E-state index < -0.39 is 0 Å². The Balaban J connectivity index is 2.62. The quantitative estimate of drug-likeness (QED) is 0.839. The molecule has 0 aliphatic carbocycles. The summed E-state index contributed by atoms with van der Waals surface area (Å²) >= 11 is 0. The predicted octanol–water partition coefficient (Wildman–Crippen LogP) is 1.81. The molecule has 18 heavy (non-hydrogen) atoms. The van der Waals surface area contributed by atoms with Crippen molar-refractivity contribution in [3.63, 3.8) is 0 Å². The number of likely N-dealkylation sites (N-methyl/N-ethyl adjacent to an activating group) is 1. The zero-order chi connectivity index (χ0) is 13.5. The maximum atomic E-state index is 13.0. The fourth-order valence-corrected chi connectivity index (χ4v) is 1.79. The van der Waals surface area contributed by atoms with Gasteiger partial charge in [0.05, 0.1) is 6.42 Å². The zero-order valence-electron chi connectivity index (χ0n) is 11.0. The number of halogens is 1. The third kappa shape index (κ3) is 4.45. The topological polar surface area (TPSA) is 46.3 Å². The van der Waals surface area contributed by atoms with Crippen molar-refractivity contribution < 1.29 is 9.18 Å². The van der Waals surface area contributed by atoms with Crippen LogP contribution in [-0.2, 0) is 11.2 Å². The number of carbonyl (C=O) groups excluding carboxylic acids is 1. The van der Waals surface area contributed by atoms with E-state index in [0.29, 0.717) is 25.2 Å². The van der Waals surface area contributed by atoms with Crippen LogP contribution in [0, 0.1) is 11.7 Å². The van der Waals surface area contributed by atoms with Crippen molar-refractivity contribution in [3.8, 4) is 0 Å². The van der Waals surface area contributed by atoms with Gasteiger partial charge in [-0.25, -0.2) is 4.39 Å². The lowest BCUT2D eigenvalue weighted by atomic mass is 10.1. The first kappa shape index (κ1) is 14.6. The molecular weight excluding hydrogens is 231 g/mol. The van der Waals surface area contributed by atoms with Gasteiger partial charge in [-0.2, -0.15) is 0 Å². The molecular formula is C14H21FN2O. The maximum absolute atomic E-state index is 13.0. The Kier molecular flexibility index (Phi) is 5.78. The maximum Gasteiger partial charge on any atom is 0.226 e. The fourth-order valence-electron chi connectivity index (χ4n) is 1.79. The van der Waals surface area contributed by atoms with Crippen molar-refractivity contribution in [2.24, 2.45) is 11.7 Å². The Morgan fingerprint density at radius 3 is 2.78 bits per heavy atom. The van der Waals surface area contributed by atoms with Crippen LogP contribution in [0.25, 0.3) is 0 Å². The first-order chi connectivity index (χ1) is 8.56. The largest absolute Gasteiger partial charge is 0.342 e. The summed E-state index contributed by atoms with van der Waals surface area (Å²) in [5.74, 6) is -0.0107. The summed E-state index contributed by atoms with van der Waals surface area (Å²) in [6.07, 6.45) is 0.239. The lowest BCUT2D eigenvalue weighted by Crippen LogP contribution is -2.37. The Morgan fingerprint density at radius 1 is 1.50 bits per heavy atom. The van der Waals surface area contributed by atoms with E-state index in [1.165, 1.54) is 12.1 Å². The van der Waals surface area contributed by atoms with Gasteiger partial charge in [0.2, 0.25) is 5.91 Å². The molecule has 1 aromatic carbocycles. The van der Waals surface area contributed by atoms with Crippen LogP contribution in [0.3, 0.4) is 0 Å². The molecule has 1 amide bonds. The van der Waals surface area contributed by atoms with E-state index in [0.717, 1.165) is 0 Å². The van der Waals surface area contributed by atoms with Crippen LogP contribution in [0.1, 0.15) is 19.4 Å². The van der Waals surface area contributed by atoms with Gasteiger partial charge in [0.15, 0.2) is 0 Å². The fraction of sp³-hybridized carbons (Fsp3) is 0.500. The normalized spacial score (nSPS) is 12.2. The molecule has 1 unspecified atom stereocenters. The van der Waals surface area contributed by atoms with Crippen molar-refractivity contribution >= 4 is 5.91 Å². The van der Waals surface area contributed by atoms with Crippen molar-refractivity contribution in [2.45, 2.75) is 20.3 Å². The number of carbonyl (C=O) groups is 1. The summed E-state index contributed by atoms with van der Waals surface area (Å²) in [5.41, 5.74) is 6.27. The standard InChI is InChI=1S/C14H21FN2O/c1-3-17(10-11(2)9-16)14(18)8-12-5-4-6-13(15)7-12/h4-7,11H,3,8-10,16H2,1-2H3. The summed E-state index contributed by atoms with van der Waals surface area (Å²) in [7, 11) is 0. The molecule has 2 N–H and O–H groups in total. The molecule has 0 fully saturated rings. The number of hydrogen-bond acceptors (Lipinski definition) is 2. The molecule has 0 aromatic heterocycles. The average molecular weight is 252 g/mol. The van der Waals surface area contributed by atoms with Gasteiger partial charge in [0.25, 0.3) is 0 Å². The minimum absolute atomic E-state index is 0.0170. The second-order valence-corrected chi connectivity index (χ2v) is 4.58. The Bertz CT molecular complexity index is 395. The van der Waals surface area contributed by atoms with Crippen LogP contribution in [0.5, 0.6) is 0 Å². The Labute approximate surface area is 108 Å². The van der Waals surface area contributed by atoms with Gasteiger partial charge in [-0.05, 0) is 37.1 Å². The van der Waals surface area contributed by atoms with Gasteiger partial charge >= 0.3 is 0 Å². The van der Waals surface area contributed by atoms with Crippen LogP contribution >= 0.6 is 0 Å². The first-order valence-corrected chi connectivity index (χ1v) is 6.29. The molecule has 0 saturated carbocycles. The minimum Gasteiger partial charge on any atom is -0.342 e. The highest BCUT2D eigenvalue weighted by Crippen LogP contribution is 2.07. The minimum atomic E-state index is -0.307. The summed E-state index contributed by atoms with van der Waals surface area (Å²) in [6.45, 7) is 5.81. The molecule has 1 atom stereocenters. The van der Waals surface area contributed by atoms with Gasteiger partial charge in [-0.1, -0.05) is 19.1 Å². The van der Waals surface area contributed by atoms with E-state index in [-0.39, 0.29) is 24.1 Å². The summed E-state index contributed by atoms with van der Waals surface area (Å²) in [6, 6.07) is 6.16. The highest BCUT2D eigenvalue weighted by Gasteiger charge is 2.14. The van der Waals surface area contributed by atoms with Crippen molar-refractivity contribution in [1.82, 2.24) is 4.90 Å². The third-order valence-corrected chi connectivity index (χ3v) is 2.91. The smallest absolute Gasteiger partial charge is 0.226 e. The number of nitrogens with two attached hydrogens (primary N) is 1. The average Bonchev–Trinajstić information content (AvgIpc) is 2.35. The molecule has 0 heterocycles. The Morgan fingerprint density at radius 2 is 2.22 bits per heavy atom. The second-order valence-electron chi connectivity index (χ2n) is 4.58. The molecule has 100 valence electrons. The van der Waals surface area contributed by atoms with Crippen LogP contribution in [0.15, 0.2) is 24.3 Å². The summed E-state index contributed by atoms with van der Waals surface area (Å²) in [4.78, 5) is 13.8. The number of amides is 1. The van der Waals surface area contributed by atoms with Crippen molar-refractivity contribution in [3.05, 3.63) is 35.6 Å². The molecule has 0 saturated heterocycles. The zero-order valence-corrected chi connectivity index (χ0v) is 11.0. The molecule has 1 aromatic rings. The van der Waals surface area contributed by atoms with Crippen molar-refractivity contribution in [1.29, 1.82) is 0 Å². The monoisotopic (exact) mass is 252 g/mol. The Hall–Kier alpha value is -1.42. The second kappa shape index (κ2) is 7.11. The first-order valence-electron chi connectivity index (χ1n) is 6.29. The molecule has 0 spiro atoms. The summed E-state index contributed by atoms with van der Waals surface area (Å²) in [5, 5.41) is 0. The number of rotatable bonds is 6. The molecule has 3 nitrogen and oxygen atoms in total. The van der Waals surface area contributed by atoms with E-state index in [1.807, 2.05) is 13.8 Å². The van der Waals surface area contributed by atoms with Gasteiger partial charge in [0.1, 0.15) is 5.82 Å². The highest BCUT2D eigenvalue weighted by atomic mass is 19.1. The van der Waals surface area contributed by atoms with E-state index >= 15 is 0 Å². The molecule has 4 heteroatoms. The van der Waals surface area contributed by atoms with Crippen LogP contribution < -0.4 is 5.73 Å². The molecule has 0 radical (unpaired) electrons. The molecule has 1 rings (SSSR count). The van der Waals surface area contributed by atoms with Gasteiger partial charge in [0, 0.05) is 13.1 Å². The number of hydrogen-bond donors (Lipinski definition) is 1. The molecule has 0 aliphatic heterocycles. The predicted molar refractivity (Wildman–Crippen MR) is 70.6 cm³/mol. The van der Waals surface area contributed by atoms with E-state index in [2.05, 4.69) is 0 Å². The van der Waals surface area contributed by atoms with E-state index in [4.69, 9.17) is 5.73 Å². The van der Waals surface area contributed by atoms with Crippen molar-refractivity contribution in [2.75, 3.05) is 19.6 Å². The lowest BCUT2D eigenvalue weighted by molar-refractivity contribution is -0.130. The van der Waals surface area contributed by atoms with Crippen LogP contribution in [0.4, 0.5) is 4.39 Å². The lowest BCUT2D eigenvalue weighted by Gasteiger charge is -2.24. The SMILES string of the molecule is CCN(CC(C)CN)C(=O)Cc1cccc(F)c1. The highest BCUT2D eigenvalue weighted by molar-refractivity contribution is 5.78. The van der Waals surface area contributed by atoms with Gasteiger partial charge in [-0.3, -0.25) is 4.79 Å². The summed E-state index contributed by atoms with van der Waals surface area (Å²) < 4.78 is 13.0. The van der Waals surface area contributed by atoms with Gasteiger partial charge < -0.3 is 10.6 Å². The van der Waals surface area contributed by atoms with E-state index in [9.17, 15) is 9.18 Å². The number of benzene rings is 1. The molecule has 0 aliphatic rings.